The number of carbonyl (C=O) groups is 1. The summed E-state index contributed by atoms with van der Waals surface area (Å²) in [5, 5.41) is 7.09. The van der Waals surface area contributed by atoms with Gasteiger partial charge >= 0.3 is 0 Å². The number of benzene rings is 1. The number of carbonyl (C=O) groups excluding carboxylic acids is 1. The summed E-state index contributed by atoms with van der Waals surface area (Å²) in [6, 6.07) is 10.1. The lowest BCUT2D eigenvalue weighted by atomic mass is 10.0. The summed E-state index contributed by atoms with van der Waals surface area (Å²) < 4.78 is 11.2. The minimum absolute atomic E-state index is 0.0165. The van der Waals surface area contributed by atoms with Gasteiger partial charge in [-0.2, -0.15) is 4.98 Å². The highest BCUT2D eigenvalue weighted by atomic mass is 16.5. The molecule has 1 aromatic carbocycles. The summed E-state index contributed by atoms with van der Waals surface area (Å²) in [6.07, 6.45) is 1.84. The van der Waals surface area contributed by atoms with E-state index < -0.39 is 5.72 Å². The molecule has 7 nitrogen and oxygen atoms in total. The van der Waals surface area contributed by atoms with E-state index in [-0.39, 0.29) is 12.0 Å². The third-order valence-electron chi connectivity index (χ3n) is 4.86. The summed E-state index contributed by atoms with van der Waals surface area (Å²) in [7, 11) is 0. The quantitative estimate of drug-likeness (QED) is 0.907. The molecule has 25 heavy (non-hydrogen) atoms. The van der Waals surface area contributed by atoms with Crippen molar-refractivity contribution >= 4 is 5.91 Å². The number of rotatable bonds is 4. The van der Waals surface area contributed by atoms with Gasteiger partial charge < -0.3 is 14.6 Å². The van der Waals surface area contributed by atoms with Gasteiger partial charge in [0, 0.05) is 25.9 Å². The van der Waals surface area contributed by atoms with Crippen LogP contribution in [0.15, 0.2) is 34.9 Å². The fourth-order valence-corrected chi connectivity index (χ4v) is 3.46. The van der Waals surface area contributed by atoms with Crippen molar-refractivity contribution in [2.75, 3.05) is 13.1 Å². The first-order chi connectivity index (χ1) is 12.1. The van der Waals surface area contributed by atoms with Crippen LogP contribution < -0.4 is 5.32 Å². The lowest BCUT2D eigenvalue weighted by Crippen LogP contribution is -2.51. The molecular weight excluding hydrogens is 320 g/mol. The smallest absolute Gasteiger partial charge is 0.251 e. The summed E-state index contributed by atoms with van der Waals surface area (Å²) in [5.41, 5.74) is 0.670. The second-order valence-corrected chi connectivity index (χ2v) is 6.79. The van der Waals surface area contributed by atoms with Crippen molar-refractivity contribution in [3.05, 3.63) is 47.6 Å². The van der Waals surface area contributed by atoms with Crippen LogP contribution in [0.2, 0.25) is 0 Å². The van der Waals surface area contributed by atoms with Gasteiger partial charge in [0.1, 0.15) is 11.8 Å². The largest absolute Gasteiger partial charge is 0.343 e. The number of nitrogens with one attached hydrogen (secondary N) is 1. The number of hydrogen-bond donors (Lipinski definition) is 1. The molecule has 1 N–H and O–H groups in total. The molecule has 2 saturated heterocycles. The molecule has 1 atom stereocenters. The number of amides is 1. The third-order valence-corrected chi connectivity index (χ3v) is 4.86. The van der Waals surface area contributed by atoms with Crippen molar-refractivity contribution in [2.45, 2.75) is 44.6 Å². The SMILES string of the molecule is C[C@@H]1OC2(CCN(Cc3noc(Cc4ccccc4)n3)CC2)NC1=O. The van der Waals surface area contributed by atoms with Crippen molar-refractivity contribution in [3.63, 3.8) is 0 Å². The number of aromatic nitrogens is 2. The number of likely N-dealkylation sites (tertiary alicyclic amines) is 1. The Balaban J connectivity index is 1.31. The number of ether oxygens (including phenoxy) is 1. The standard InChI is InChI=1S/C18H22N4O3/c1-13-17(23)20-18(24-13)7-9-22(10-8-18)12-15-19-16(25-21-15)11-14-5-3-2-4-6-14/h2-6,13H,7-12H2,1H3,(H,20,23)/t13-/m0/s1. The fraction of sp³-hybridized carbons (Fsp3) is 0.500. The predicted molar refractivity (Wildman–Crippen MR) is 89.5 cm³/mol. The van der Waals surface area contributed by atoms with E-state index in [1.54, 1.807) is 6.92 Å². The highest BCUT2D eigenvalue weighted by molar-refractivity contribution is 5.82. The summed E-state index contributed by atoms with van der Waals surface area (Å²) >= 11 is 0. The van der Waals surface area contributed by atoms with Crippen LogP contribution in [0.1, 0.15) is 37.0 Å². The molecule has 0 unspecified atom stereocenters. The number of nitrogens with zero attached hydrogens (tertiary/aromatic N) is 3. The summed E-state index contributed by atoms with van der Waals surface area (Å²) in [6.45, 7) is 4.10. The van der Waals surface area contributed by atoms with Crippen molar-refractivity contribution in [2.24, 2.45) is 0 Å². The van der Waals surface area contributed by atoms with Gasteiger partial charge in [0.2, 0.25) is 5.89 Å². The van der Waals surface area contributed by atoms with Crippen molar-refractivity contribution in [3.8, 4) is 0 Å². The molecule has 4 rings (SSSR count). The Morgan fingerprint density at radius 2 is 2.04 bits per heavy atom. The van der Waals surface area contributed by atoms with Crippen molar-refractivity contribution in [1.29, 1.82) is 0 Å². The molecule has 2 aliphatic heterocycles. The van der Waals surface area contributed by atoms with E-state index in [1.165, 1.54) is 0 Å². The van der Waals surface area contributed by atoms with Crippen LogP contribution in [0, 0.1) is 0 Å². The Morgan fingerprint density at radius 3 is 2.72 bits per heavy atom. The topological polar surface area (TPSA) is 80.5 Å². The molecule has 1 amide bonds. The zero-order chi connectivity index (χ0) is 17.3. The maximum Gasteiger partial charge on any atom is 0.251 e. The predicted octanol–water partition coefficient (Wildman–Crippen LogP) is 1.49. The molecule has 0 aliphatic carbocycles. The van der Waals surface area contributed by atoms with E-state index in [1.807, 2.05) is 30.3 Å². The van der Waals surface area contributed by atoms with Gasteiger partial charge in [-0.05, 0) is 12.5 Å². The molecule has 1 spiro atoms. The summed E-state index contributed by atoms with van der Waals surface area (Å²) in [4.78, 5) is 18.4. The van der Waals surface area contributed by atoms with Gasteiger partial charge in [0.15, 0.2) is 5.82 Å². The second kappa shape index (κ2) is 6.57. The highest BCUT2D eigenvalue weighted by Gasteiger charge is 2.45. The average Bonchev–Trinajstić information content (AvgIpc) is 3.15. The van der Waals surface area contributed by atoms with Gasteiger partial charge in [-0.25, -0.2) is 0 Å². The Labute approximate surface area is 146 Å². The van der Waals surface area contributed by atoms with Crippen LogP contribution in [-0.4, -0.2) is 45.9 Å². The van der Waals surface area contributed by atoms with Crippen LogP contribution in [0.4, 0.5) is 0 Å². The van der Waals surface area contributed by atoms with E-state index >= 15 is 0 Å². The lowest BCUT2D eigenvalue weighted by molar-refractivity contribution is -0.123. The van der Waals surface area contributed by atoms with Gasteiger partial charge in [0.05, 0.1) is 13.0 Å². The first kappa shape index (κ1) is 16.2. The van der Waals surface area contributed by atoms with E-state index in [4.69, 9.17) is 9.26 Å². The van der Waals surface area contributed by atoms with Crippen molar-refractivity contribution < 1.29 is 14.1 Å². The first-order valence-electron chi connectivity index (χ1n) is 8.69. The number of hydrogen-bond acceptors (Lipinski definition) is 6. The van der Waals surface area contributed by atoms with E-state index in [9.17, 15) is 4.79 Å². The molecule has 0 saturated carbocycles. The third kappa shape index (κ3) is 3.57. The molecule has 0 bridgehead atoms. The zero-order valence-corrected chi connectivity index (χ0v) is 14.3. The Bertz CT molecular complexity index is 738. The Morgan fingerprint density at radius 1 is 1.28 bits per heavy atom. The van der Waals surface area contributed by atoms with Crippen LogP contribution in [-0.2, 0) is 22.5 Å². The van der Waals surface area contributed by atoms with Gasteiger partial charge in [0.25, 0.3) is 5.91 Å². The van der Waals surface area contributed by atoms with Crippen LogP contribution in [0.3, 0.4) is 0 Å². The maximum absolute atomic E-state index is 11.7. The first-order valence-corrected chi connectivity index (χ1v) is 8.69. The van der Waals surface area contributed by atoms with E-state index in [0.29, 0.717) is 24.7 Å². The van der Waals surface area contributed by atoms with Gasteiger partial charge in [-0.3, -0.25) is 9.69 Å². The zero-order valence-electron chi connectivity index (χ0n) is 14.3. The van der Waals surface area contributed by atoms with Gasteiger partial charge in [-0.1, -0.05) is 35.5 Å². The summed E-state index contributed by atoms with van der Waals surface area (Å²) in [5.74, 6) is 1.32. The normalized spacial score (nSPS) is 23.1. The van der Waals surface area contributed by atoms with E-state index in [2.05, 4.69) is 20.4 Å². The van der Waals surface area contributed by atoms with Crippen LogP contribution >= 0.6 is 0 Å². The number of piperidine rings is 1. The van der Waals surface area contributed by atoms with Crippen LogP contribution in [0.25, 0.3) is 0 Å². The minimum atomic E-state index is -0.483. The molecule has 2 fully saturated rings. The molecule has 0 radical (unpaired) electrons. The molecule has 7 heteroatoms. The second-order valence-electron chi connectivity index (χ2n) is 6.79. The maximum atomic E-state index is 11.7. The highest BCUT2D eigenvalue weighted by Crippen LogP contribution is 2.30. The fourth-order valence-electron chi connectivity index (χ4n) is 3.46. The van der Waals surface area contributed by atoms with Gasteiger partial charge in [-0.15, -0.1) is 0 Å². The van der Waals surface area contributed by atoms with E-state index in [0.717, 1.165) is 31.5 Å². The van der Waals surface area contributed by atoms with Crippen LogP contribution in [0.5, 0.6) is 0 Å². The monoisotopic (exact) mass is 342 g/mol. The Kier molecular flexibility index (Phi) is 4.27. The molecule has 2 aromatic rings. The lowest BCUT2D eigenvalue weighted by Gasteiger charge is -2.37. The molecule has 3 heterocycles. The molecule has 1 aromatic heterocycles. The molecular formula is C18H22N4O3. The average molecular weight is 342 g/mol. The minimum Gasteiger partial charge on any atom is -0.343 e. The van der Waals surface area contributed by atoms with Crippen molar-refractivity contribution in [1.82, 2.24) is 20.4 Å². The molecule has 2 aliphatic rings. The molecule has 132 valence electrons. The Hall–Kier alpha value is -2.25.